The van der Waals surface area contributed by atoms with Crippen LogP contribution in [-0.2, 0) is 6.18 Å². The quantitative estimate of drug-likeness (QED) is 0.896. The van der Waals surface area contributed by atoms with Gasteiger partial charge in [-0.15, -0.1) is 0 Å². The van der Waals surface area contributed by atoms with Crippen LogP contribution in [0.4, 0.5) is 18.0 Å². The summed E-state index contributed by atoms with van der Waals surface area (Å²) in [6.45, 7) is 5.03. The van der Waals surface area contributed by atoms with E-state index in [1.807, 2.05) is 0 Å². The van der Waals surface area contributed by atoms with Gasteiger partial charge in [-0.2, -0.15) is 13.2 Å². The molecule has 24 heavy (non-hydrogen) atoms. The number of carbonyl (C=O) groups excluding carboxylic acids is 1. The molecular weight excluding hydrogens is 319 g/mol. The molecule has 4 rings (SSSR count). The van der Waals surface area contributed by atoms with Crippen molar-refractivity contribution < 1.29 is 18.0 Å². The van der Waals surface area contributed by atoms with Gasteiger partial charge in [-0.25, -0.2) is 4.79 Å². The lowest BCUT2D eigenvalue weighted by molar-refractivity contribution is -0.138. The van der Waals surface area contributed by atoms with Crippen LogP contribution >= 0.6 is 0 Å². The van der Waals surface area contributed by atoms with E-state index in [9.17, 15) is 18.0 Å². The van der Waals surface area contributed by atoms with E-state index in [0.29, 0.717) is 6.54 Å². The third-order valence-corrected chi connectivity index (χ3v) is 4.99. The molecule has 1 unspecified atom stereocenters. The summed E-state index contributed by atoms with van der Waals surface area (Å²) in [7, 11) is 0. The fourth-order valence-corrected chi connectivity index (χ4v) is 3.63. The Morgan fingerprint density at radius 3 is 2.50 bits per heavy atom. The highest BCUT2D eigenvalue weighted by Crippen LogP contribution is 2.34. The van der Waals surface area contributed by atoms with Crippen molar-refractivity contribution in [3.8, 4) is 0 Å². The zero-order valence-electron chi connectivity index (χ0n) is 13.6. The molecule has 7 heteroatoms. The van der Waals surface area contributed by atoms with Crippen LogP contribution in [-0.4, -0.2) is 48.1 Å². The van der Waals surface area contributed by atoms with Crippen molar-refractivity contribution in [1.29, 1.82) is 0 Å². The molecule has 3 fully saturated rings. The monoisotopic (exact) mass is 341 g/mol. The number of alkyl halides is 3. The van der Waals surface area contributed by atoms with Gasteiger partial charge in [0.05, 0.1) is 11.6 Å². The molecule has 4 nitrogen and oxygen atoms in total. The summed E-state index contributed by atoms with van der Waals surface area (Å²) < 4.78 is 39.4. The molecule has 3 aliphatic heterocycles. The van der Waals surface area contributed by atoms with Crippen molar-refractivity contribution in [2.75, 3.05) is 26.2 Å². The average molecular weight is 341 g/mol. The first-order valence-electron chi connectivity index (χ1n) is 8.32. The van der Waals surface area contributed by atoms with Gasteiger partial charge < -0.3 is 15.1 Å². The number of halogens is 3. The van der Waals surface area contributed by atoms with Gasteiger partial charge in [0.15, 0.2) is 0 Å². The number of rotatable bonds is 2. The van der Waals surface area contributed by atoms with Crippen LogP contribution in [0.2, 0.25) is 0 Å². The average Bonchev–Trinajstić information content (AvgIpc) is 2.87. The molecule has 2 amide bonds. The summed E-state index contributed by atoms with van der Waals surface area (Å²) in [6.07, 6.45) is -2.56. The molecule has 2 bridgehead atoms. The second-order valence-electron chi connectivity index (χ2n) is 6.52. The maximum absolute atomic E-state index is 13.1. The zero-order valence-corrected chi connectivity index (χ0v) is 13.6. The Bertz CT molecular complexity index is 597. The van der Waals surface area contributed by atoms with Crippen molar-refractivity contribution in [3.05, 3.63) is 35.4 Å². The van der Waals surface area contributed by atoms with Crippen LogP contribution in [0.15, 0.2) is 24.3 Å². The third-order valence-electron chi connectivity index (χ3n) is 4.99. The van der Waals surface area contributed by atoms with Crippen LogP contribution in [0.3, 0.4) is 0 Å². The summed E-state index contributed by atoms with van der Waals surface area (Å²) in [4.78, 5) is 16.7. The SMILES string of the molecule is CC(NC(=O)N1CCN2CCC1CC2)c1ccccc1C(F)(F)F. The van der Waals surface area contributed by atoms with Crippen molar-refractivity contribution >= 4 is 6.03 Å². The van der Waals surface area contributed by atoms with Gasteiger partial charge in [0, 0.05) is 32.2 Å². The van der Waals surface area contributed by atoms with Gasteiger partial charge in [0.1, 0.15) is 0 Å². The molecule has 1 aromatic carbocycles. The summed E-state index contributed by atoms with van der Waals surface area (Å²) >= 11 is 0. The molecular formula is C17H22F3N3O. The number of hydrogen-bond donors (Lipinski definition) is 1. The molecule has 0 aliphatic carbocycles. The molecule has 0 aromatic heterocycles. The number of fused-ring (bicyclic) bond motifs is 4. The summed E-state index contributed by atoms with van der Waals surface area (Å²) in [6, 6.07) is 4.63. The standard InChI is InChI=1S/C17H22F3N3O/c1-12(14-4-2-3-5-15(14)17(18,19)20)21-16(24)23-11-10-22-8-6-13(23)7-9-22/h2-5,12-13H,6-11H2,1H3,(H,21,24). The second-order valence-corrected chi connectivity index (χ2v) is 6.52. The number of carbonyl (C=O) groups is 1. The normalized spacial score (nSPS) is 25.2. The largest absolute Gasteiger partial charge is 0.416 e. The van der Waals surface area contributed by atoms with E-state index in [2.05, 4.69) is 10.2 Å². The smallest absolute Gasteiger partial charge is 0.331 e. The Kier molecular flexibility index (Phi) is 4.71. The fraction of sp³-hybridized carbons (Fsp3) is 0.588. The van der Waals surface area contributed by atoms with E-state index >= 15 is 0 Å². The van der Waals surface area contributed by atoms with Crippen LogP contribution in [0.1, 0.15) is 36.9 Å². The number of hydrogen-bond acceptors (Lipinski definition) is 2. The minimum absolute atomic E-state index is 0.0984. The molecule has 0 radical (unpaired) electrons. The van der Waals surface area contributed by atoms with Gasteiger partial charge in [-0.1, -0.05) is 18.2 Å². The van der Waals surface area contributed by atoms with Crippen LogP contribution < -0.4 is 5.32 Å². The predicted octanol–water partition coefficient (Wildman–Crippen LogP) is 3.26. The van der Waals surface area contributed by atoms with Crippen LogP contribution in [0.25, 0.3) is 0 Å². The van der Waals surface area contributed by atoms with Gasteiger partial charge >= 0.3 is 12.2 Å². The van der Waals surface area contributed by atoms with E-state index in [0.717, 1.165) is 38.5 Å². The van der Waals surface area contributed by atoms with Gasteiger partial charge in [-0.3, -0.25) is 0 Å². The topological polar surface area (TPSA) is 35.6 Å². The number of nitrogens with zero attached hydrogens (tertiary/aromatic N) is 2. The first-order chi connectivity index (χ1) is 11.4. The first kappa shape index (κ1) is 17.1. The molecule has 1 N–H and O–H groups in total. The molecule has 3 heterocycles. The summed E-state index contributed by atoms with van der Waals surface area (Å²) in [5.41, 5.74) is -0.595. The molecule has 0 spiro atoms. The number of amides is 2. The van der Waals surface area contributed by atoms with E-state index < -0.39 is 17.8 Å². The number of piperidine rings is 1. The van der Waals surface area contributed by atoms with Gasteiger partial charge in [0.25, 0.3) is 0 Å². The Hall–Kier alpha value is -1.76. The Labute approximate surface area is 139 Å². The number of urea groups is 1. The number of nitrogens with one attached hydrogen (secondary N) is 1. The first-order valence-corrected chi connectivity index (χ1v) is 8.32. The highest BCUT2D eigenvalue weighted by atomic mass is 19.4. The molecule has 132 valence electrons. The number of benzene rings is 1. The fourth-order valence-electron chi connectivity index (χ4n) is 3.63. The summed E-state index contributed by atoms with van der Waals surface area (Å²) in [5.74, 6) is 0. The Morgan fingerprint density at radius 1 is 1.17 bits per heavy atom. The third kappa shape index (κ3) is 3.50. The van der Waals surface area contributed by atoms with E-state index in [4.69, 9.17) is 0 Å². The summed E-state index contributed by atoms with van der Waals surface area (Å²) in [5, 5.41) is 2.76. The minimum atomic E-state index is -4.43. The van der Waals surface area contributed by atoms with Crippen molar-refractivity contribution in [2.24, 2.45) is 0 Å². The molecule has 3 aliphatic rings. The lowest BCUT2D eigenvalue weighted by atomic mass is 10.0. The maximum atomic E-state index is 13.1. The van der Waals surface area contributed by atoms with Crippen LogP contribution in [0, 0.1) is 0 Å². The van der Waals surface area contributed by atoms with Crippen molar-refractivity contribution in [3.63, 3.8) is 0 Å². The van der Waals surface area contributed by atoms with Gasteiger partial charge in [-0.05, 0) is 31.4 Å². The van der Waals surface area contributed by atoms with Crippen molar-refractivity contribution in [2.45, 2.75) is 38.0 Å². The van der Waals surface area contributed by atoms with E-state index in [1.165, 1.54) is 12.1 Å². The lowest BCUT2D eigenvalue weighted by Crippen LogP contribution is -2.47. The Morgan fingerprint density at radius 2 is 1.83 bits per heavy atom. The highest BCUT2D eigenvalue weighted by Gasteiger charge is 2.36. The van der Waals surface area contributed by atoms with Gasteiger partial charge in [0.2, 0.25) is 0 Å². The van der Waals surface area contributed by atoms with E-state index in [-0.39, 0.29) is 17.6 Å². The minimum Gasteiger partial charge on any atom is -0.331 e. The van der Waals surface area contributed by atoms with E-state index in [1.54, 1.807) is 17.9 Å². The second kappa shape index (κ2) is 6.63. The Balaban J connectivity index is 1.73. The predicted molar refractivity (Wildman–Crippen MR) is 84.6 cm³/mol. The maximum Gasteiger partial charge on any atom is 0.416 e. The highest BCUT2D eigenvalue weighted by molar-refractivity contribution is 5.75. The zero-order chi connectivity index (χ0) is 17.3. The lowest BCUT2D eigenvalue weighted by Gasteiger charge is -2.32. The molecule has 3 saturated heterocycles. The molecule has 1 atom stereocenters. The molecule has 0 saturated carbocycles. The van der Waals surface area contributed by atoms with Crippen molar-refractivity contribution in [1.82, 2.24) is 15.1 Å². The molecule has 1 aromatic rings. The van der Waals surface area contributed by atoms with Crippen LogP contribution in [0.5, 0.6) is 0 Å².